The molecule has 0 fully saturated rings. The van der Waals surface area contributed by atoms with Crippen LogP contribution in [-0.2, 0) is 4.79 Å². The molecular weight excluding hydrogens is 304 g/mol. The van der Waals surface area contributed by atoms with E-state index in [4.69, 9.17) is 9.47 Å². The number of nitriles is 1. The van der Waals surface area contributed by atoms with E-state index in [1.165, 1.54) is 6.08 Å². The van der Waals surface area contributed by atoms with Gasteiger partial charge in [-0.2, -0.15) is 5.26 Å². The zero-order valence-corrected chi connectivity index (χ0v) is 13.6. The Morgan fingerprint density at radius 3 is 2.29 bits per heavy atom. The molecule has 2 aromatic carbocycles. The van der Waals surface area contributed by atoms with Crippen LogP contribution in [0.4, 0.5) is 5.69 Å². The zero-order valence-electron chi connectivity index (χ0n) is 13.6. The molecule has 0 unspecified atom stereocenters. The van der Waals surface area contributed by atoms with Crippen LogP contribution in [0.2, 0.25) is 0 Å². The minimum atomic E-state index is -0.461. The number of ether oxygens (including phenoxy) is 2. The lowest BCUT2D eigenvalue weighted by Crippen LogP contribution is -2.13. The summed E-state index contributed by atoms with van der Waals surface area (Å²) in [6.45, 7) is 2.48. The van der Waals surface area contributed by atoms with E-state index in [0.717, 1.165) is 11.3 Å². The molecule has 0 heterocycles. The summed E-state index contributed by atoms with van der Waals surface area (Å²) in [5.41, 5.74) is 1.36. The van der Waals surface area contributed by atoms with Crippen molar-refractivity contribution < 1.29 is 14.3 Å². The largest absolute Gasteiger partial charge is 0.497 e. The van der Waals surface area contributed by atoms with Gasteiger partial charge in [0, 0.05) is 5.69 Å². The number of rotatable bonds is 6. The lowest BCUT2D eigenvalue weighted by atomic mass is 10.1. The predicted octanol–water partition coefficient (Wildman–Crippen LogP) is 3.64. The highest BCUT2D eigenvalue weighted by atomic mass is 16.5. The molecule has 2 aromatic rings. The van der Waals surface area contributed by atoms with Gasteiger partial charge in [-0.3, -0.25) is 4.79 Å². The monoisotopic (exact) mass is 322 g/mol. The molecule has 2 rings (SSSR count). The van der Waals surface area contributed by atoms with Gasteiger partial charge in [0.15, 0.2) is 0 Å². The SMILES string of the molecule is CCOc1ccc(NC(=O)C(C#N)=Cc2ccc(OC)cc2)cc1. The van der Waals surface area contributed by atoms with Gasteiger partial charge in [0.1, 0.15) is 23.1 Å². The van der Waals surface area contributed by atoms with Gasteiger partial charge in [-0.25, -0.2) is 0 Å². The number of carbonyl (C=O) groups excluding carboxylic acids is 1. The van der Waals surface area contributed by atoms with Crippen LogP contribution in [0.3, 0.4) is 0 Å². The van der Waals surface area contributed by atoms with E-state index in [0.29, 0.717) is 18.0 Å². The Morgan fingerprint density at radius 1 is 1.12 bits per heavy atom. The standard InChI is InChI=1S/C19H18N2O3/c1-3-24-18-10-6-16(7-11-18)21-19(22)15(13-20)12-14-4-8-17(23-2)9-5-14/h4-12H,3H2,1-2H3,(H,21,22). The molecule has 0 aliphatic heterocycles. The molecule has 0 spiro atoms. The Balaban J connectivity index is 2.10. The number of benzene rings is 2. The first-order valence-corrected chi connectivity index (χ1v) is 7.46. The van der Waals surface area contributed by atoms with E-state index < -0.39 is 5.91 Å². The molecule has 0 radical (unpaired) electrons. The van der Waals surface area contributed by atoms with Gasteiger partial charge in [-0.1, -0.05) is 12.1 Å². The van der Waals surface area contributed by atoms with Crippen LogP contribution in [0, 0.1) is 11.3 Å². The normalized spacial score (nSPS) is 10.6. The van der Waals surface area contributed by atoms with Crippen molar-refractivity contribution in [1.29, 1.82) is 5.26 Å². The van der Waals surface area contributed by atoms with Crippen molar-refractivity contribution in [1.82, 2.24) is 0 Å². The van der Waals surface area contributed by atoms with Crippen LogP contribution in [0.25, 0.3) is 6.08 Å². The summed E-state index contributed by atoms with van der Waals surface area (Å²) in [7, 11) is 1.58. The number of methoxy groups -OCH3 is 1. The number of hydrogen-bond acceptors (Lipinski definition) is 4. The van der Waals surface area contributed by atoms with Crippen molar-refractivity contribution in [2.24, 2.45) is 0 Å². The lowest BCUT2D eigenvalue weighted by molar-refractivity contribution is -0.112. The highest BCUT2D eigenvalue weighted by molar-refractivity contribution is 6.09. The Labute approximate surface area is 141 Å². The van der Waals surface area contributed by atoms with E-state index in [-0.39, 0.29) is 5.57 Å². The van der Waals surface area contributed by atoms with Crippen LogP contribution >= 0.6 is 0 Å². The van der Waals surface area contributed by atoms with Gasteiger partial charge in [0.05, 0.1) is 13.7 Å². The Hall–Kier alpha value is -3.26. The smallest absolute Gasteiger partial charge is 0.266 e. The van der Waals surface area contributed by atoms with E-state index in [1.807, 2.05) is 13.0 Å². The Kier molecular flexibility index (Phi) is 5.98. The summed E-state index contributed by atoms with van der Waals surface area (Å²) >= 11 is 0. The molecule has 0 atom stereocenters. The molecular formula is C19H18N2O3. The Bertz CT molecular complexity index is 757. The van der Waals surface area contributed by atoms with E-state index in [9.17, 15) is 10.1 Å². The second-order valence-corrected chi connectivity index (χ2v) is 4.85. The van der Waals surface area contributed by atoms with Crippen molar-refractivity contribution in [3.8, 4) is 17.6 Å². The highest BCUT2D eigenvalue weighted by Gasteiger charge is 2.09. The number of nitrogens with zero attached hydrogens (tertiary/aromatic N) is 1. The topological polar surface area (TPSA) is 71.3 Å². The number of hydrogen-bond donors (Lipinski definition) is 1. The molecule has 0 saturated heterocycles. The van der Waals surface area contributed by atoms with Gasteiger partial charge in [0.2, 0.25) is 0 Å². The first-order valence-electron chi connectivity index (χ1n) is 7.46. The molecule has 5 heteroatoms. The maximum atomic E-state index is 12.2. The zero-order chi connectivity index (χ0) is 17.4. The van der Waals surface area contributed by atoms with E-state index in [1.54, 1.807) is 55.6 Å². The average molecular weight is 322 g/mol. The fourth-order valence-corrected chi connectivity index (χ4v) is 2.01. The fraction of sp³-hybridized carbons (Fsp3) is 0.158. The van der Waals surface area contributed by atoms with Gasteiger partial charge in [-0.05, 0) is 55.0 Å². The number of amides is 1. The van der Waals surface area contributed by atoms with Crippen LogP contribution in [-0.4, -0.2) is 19.6 Å². The summed E-state index contributed by atoms with van der Waals surface area (Å²) in [6.07, 6.45) is 1.53. The van der Waals surface area contributed by atoms with Gasteiger partial charge in [-0.15, -0.1) is 0 Å². The third-order valence-electron chi connectivity index (χ3n) is 3.22. The third-order valence-corrected chi connectivity index (χ3v) is 3.22. The number of anilines is 1. The molecule has 24 heavy (non-hydrogen) atoms. The molecule has 0 aliphatic carbocycles. The molecule has 5 nitrogen and oxygen atoms in total. The van der Waals surface area contributed by atoms with Crippen molar-refractivity contribution in [3.05, 3.63) is 59.7 Å². The summed E-state index contributed by atoms with van der Waals surface area (Å²) in [5, 5.41) is 11.9. The first-order chi connectivity index (χ1) is 11.7. The Morgan fingerprint density at radius 2 is 1.75 bits per heavy atom. The molecule has 122 valence electrons. The van der Waals surface area contributed by atoms with Crippen LogP contribution < -0.4 is 14.8 Å². The van der Waals surface area contributed by atoms with E-state index >= 15 is 0 Å². The lowest BCUT2D eigenvalue weighted by Gasteiger charge is -2.06. The van der Waals surface area contributed by atoms with Crippen LogP contribution in [0.5, 0.6) is 11.5 Å². The van der Waals surface area contributed by atoms with Gasteiger partial charge < -0.3 is 14.8 Å². The number of nitrogens with one attached hydrogen (secondary N) is 1. The van der Waals surface area contributed by atoms with E-state index in [2.05, 4.69) is 5.32 Å². The predicted molar refractivity (Wildman–Crippen MR) is 92.8 cm³/mol. The van der Waals surface area contributed by atoms with Crippen molar-refractivity contribution in [3.63, 3.8) is 0 Å². The molecule has 1 N–H and O–H groups in total. The minimum Gasteiger partial charge on any atom is -0.497 e. The van der Waals surface area contributed by atoms with Crippen molar-refractivity contribution in [2.45, 2.75) is 6.92 Å². The second-order valence-electron chi connectivity index (χ2n) is 4.85. The van der Waals surface area contributed by atoms with Crippen LogP contribution in [0.1, 0.15) is 12.5 Å². The molecule has 1 amide bonds. The second kappa shape index (κ2) is 8.39. The first kappa shape index (κ1) is 17.1. The molecule has 0 aliphatic rings. The maximum absolute atomic E-state index is 12.2. The van der Waals surface area contributed by atoms with Crippen molar-refractivity contribution in [2.75, 3.05) is 19.0 Å². The molecule has 0 bridgehead atoms. The summed E-state index contributed by atoms with van der Waals surface area (Å²) < 4.78 is 10.4. The third kappa shape index (κ3) is 4.62. The fourth-order valence-electron chi connectivity index (χ4n) is 2.01. The summed E-state index contributed by atoms with van der Waals surface area (Å²) in [5.74, 6) is 0.978. The molecule has 0 aromatic heterocycles. The van der Waals surface area contributed by atoms with Gasteiger partial charge in [0.25, 0.3) is 5.91 Å². The average Bonchev–Trinajstić information content (AvgIpc) is 2.62. The van der Waals surface area contributed by atoms with Gasteiger partial charge >= 0.3 is 0 Å². The summed E-state index contributed by atoms with van der Waals surface area (Å²) in [4.78, 5) is 12.2. The number of carbonyl (C=O) groups is 1. The maximum Gasteiger partial charge on any atom is 0.266 e. The quantitative estimate of drug-likeness (QED) is 0.651. The summed E-state index contributed by atoms with van der Waals surface area (Å²) in [6, 6.07) is 16.0. The molecule has 0 saturated carbocycles. The minimum absolute atomic E-state index is 0.0223. The van der Waals surface area contributed by atoms with Crippen molar-refractivity contribution >= 4 is 17.7 Å². The van der Waals surface area contributed by atoms with Crippen LogP contribution in [0.15, 0.2) is 54.1 Å². The highest BCUT2D eigenvalue weighted by Crippen LogP contribution is 2.17.